The van der Waals surface area contributed by atoms with Crippen molar-refractivity contribution >= 4 is 0 Å². The average molecular weight is 269 g/mol. The maximum absolute atomic E-state index is 6.21. The van der Waals surface area contributed by atoms with Crippen molar-refractivity contribution < 1.29 is 9.47 Å². The molecule has 0 aliphatic heterocycles. The van der Waals surface area contributed by atoms with Crippen molar-refractivity contribution in [2.45, 2.75) is 59.4 Å². The molecular formula is C14H27N3O2. The molecule has 0 bridgehead atoms. The largest absolute Gasteiger partial charge is 0.351 e. The molecule has 5 nitrogen and oxygen atoms in total. The zero-order valence-corrected chi connectivity index (χ0v) is 12.6. The summed E-state index contributed by atoms with van der Waals surface area (Å²) >= 11 is 0. The quantitative estimate of drug-likeness (QED) is 0.694. The van der Waals surface area contributed by atoms with Gasteiger partial charge in [-0.3, -0.25) is 4.68 Å². The molecule has 0 spiro atoms. The zero-order valence-electron chi connectivity index (χ0n) is 12.6. The van der Waals surface area contributed by atoms with Crippen LogP contribution in [0.3, 0.4) is 0 Å². The highest BCUT2D eigenvalue weighted by Crippen LogP contribution is 2.11. The molecule has 1 aromatic rings. The van der Waals surface area contributed by atoms with E-state index in [9.17, 15) is 0 Å². The Morgan fingerprint density at radius 3 is 2.32 bits per heavy atom. The molecule has 19 heavy (non-hydrogen) atoms. The van der Waals surface area contributed by atoms with Gasteiger partial charge in [0, 0.05) is 31.9 Å². The van der Waals surface area contributed by atoms with Gasteiger partial charge < -0.3 is 15.2 Å². The third-order valence-electron chi connectivity index (χ3n) is 3.03. The fraction of sp³-hybridized carbons (Fsp3) is 0.786. The van der Waals surface area contributed by atoms with Gasteiger partial charge in [0.25, 0.3) is 0 Å². The van der Waals surface area contributed by atoms with Gasteiger partial charge in [0.05, 0.1) is 11.7 Å². The summed E-state index contributed by atoms with van der Waals surface area (Å²) in [5.41, 5.74) is 8.46. The molecule has 0 saturated heterocycles. The number of aryl methyl sites for hydroxylation is 2. The monoisotopic (exact) mass is 269 g/mol. The molecule has 2 N–H and O–H groups in total. The van der Waals surface area contributed by atoms with Crippen molar-refractivity contribution in [1.82, 2.24) is 9.78 Å². The van der Waals surface area contributed by atoms with Gasteiger partial charge >= 0.3 is 0 Å². The highest BCUT2D eigenvalue weighted by Gasteiger charge is 2.20. The van der Waals surface area contributed by atoms with Crippen LogP contribution in [0, 0.1) is 0 Å². The molecular weight excluding hydrogens is 242 g/mol. The van der Waals surface area contributed by atoms with Crippen LogP contribution in [-0.2, 0) is 28.9 Å². The third kappa shape index (κ3) is 4.60. The van der Waals surface area contributed by atoms with Crippen LogP contribution in [0.2, 0.25) is 0 Å². The topological polar surface area (TPSA) is 62.3 Å². The van der Waals surface area contributed by atoms with E-state index in [1.165, 1.54) is 0 Å². The summed E-state index contributed by atoms with van der Waals surface area (Å²) in [7, 11) is 0. The highest BCUT2D eigenvalue weighted by atomic mass is 16.7. The summed E-state index contributed by atoms with van der Waals surface area (Å²) in [6.07, 6.45) is 1.31. The van der Waals surface area contributed by atoms with Crippen molar-refractivity contribution in [1.29, 1.82) is 0 Å². The third-order valence-corrected chi connectivity index (χ3v) is 3.03. The summed E-state index contributed by atoms with van der Waals surface area (Å²) < 4.78 is 13.1. The van der Waals surface area contributed by atoms with Crippen LogP contribution in [0.25, 0.3) is 0 Å². The molecule has 0 radical (unpaired) electrons. The molecule has 0 saturated carbocycles. The minimum absolute atomic E-state index is 0.174. The van der Waals surface area contributed by atoms with Crippen LogP contribution in [0.15, 0.2) is 6.07 Å². The zero-order chi connectivity index (χ0) is 14.3. The summed E-state index contributed by atoms with van der Waals surface area (Å²) in [4.78, 5) is 0. The fourth-order valence-electron chi connectivity index (χ4n) is 2.09. The van der Waals surface area contributed by atoms with Crippen LogP contribution in [0.5, 0.6) is 0 Å². The molecule has 1 aromatic heterocycles. The van der Waals surface area contributed by atoms with E-state index < -0.39 is 0 Å². The van der Waals surface area contributed by atoms with Gasteiger partial charge in [0.1, 0.15) is 0 Å². The van der Waals surface area contributed by atoms with Gasteiger partial charge in [-0.05, 0) is 33.3 Å². The van der Waals surface area contributed by atoms with Gasteiger partial charge in [-0.2, -0.15) is 5.10 Å². The van der Waals surface area contributed by atoms with Gasteiger partial charge in [0.2, 0.25) is 0 Å². The molecule has 5 heteroatoms. The first-order chi connectivity index (χ1) is 9.15. The minimum Gasteiger partial charge on any atom is -0.351 e. The molecule has 0 amide bonds. The molecule has 0 aromatic carbocycles. The molecule has 1 atom stereocenters. The second kappa shape index (κ2) is 8.30. The van der Waals surface area contributed by atoms with Gasteiger partial charge in [0.15, 0.2) is 6.29 Å². The fourth-order valence-corrected chi connectivity index (χ4v) is 2.09. The van der Waals surface area contributed by atoms with Crippen molar-refractivity contribution in [3.05, 3.63) is 17.5 Å². The Kier molecular flexibility index (Phi) is 7.05. The first-order valence-corrected chi connectivity index (χ1v) is 7.20. The maximum atomic E-state index is 6.21. The Balaban J connectivity index is 2.72. The number of rotatable bonds is 9. The number of hydrogen-bond donors (Lipinski definition) is 1. The molecule has 0 fully saturated rings. The molecule has 110 valence electrons. The van der Waals surface area contributed by atoms with Crippen LogP contribution in [-0.4, -0.2) is 35.3 Å². The number of nitrogens with zero attached hydrogens (tertiary/aromatic N) is 2. The van der Waals surface area contributed by atoms with Crippen LogP contribution in [0.1, 0.15) is 39.1 Å². The van der Waals surface area contributed by atoms with Crippen molar-refractivity contribution in [2.24, 2.45) is 5.73 Å². The van der Waals surface area contributed by atoms with Crippen molar-refractivity contribution in [2.75, 3.05) is 13.2 Å². The lowest BCUT2D eigenvalue weighted by molar-refractivity contribution is -0.148. The minimum atomic E-state index is -0.347. The Bertz CT molecular complexity index is 360. The lowest BCUT2D eigenvalue weighted by Crippen LogP contribution is -2.41. The molecule has 1 rings (SSSR count). The molecule has 0 aliphatic carbocycles. The van der Waals surface area contributed by atoms with Gasteiger partial charge in [-0.1, -0.05) is 6.92 Å². The predicted molar refractivity (Wildman–Crippen MR) is 76.0 cm³/mol. The predicted octanol–water partition coefficient (Wildman–Crippen LogP) is 1.73. The lowest BCUT2D eigenvalue weighted by Gasteiger charge is -2.23. The van der Waals surface area contributed by atoms with Gasteiger partial charge in [-0.15, -0.1) is 0 Å². The summed E-state index contributed by atoms with van der Waals surface area (Å²) in [5.74, 6) is 0. The second-order valence-corrected chi connectivity index (χ2v) is 4.44. The smallest absolute Gasteiger partial charge is 0.172 e. The van der Waals surface area contributed by atoms with E-state index in [-0.39, 0.29) is 12.3 Å². The van der Waals surface area contributed by atoms with Crippen molar-refractivity contribution in [3.8, 4) is 0 Å². The summed E-state index contributed by atoms with van der Waals surface area (Å²) in [6.45, 7) is 10.2. The van der Waals surface area contributed by atoms with Crippen LogP contribution in [0.4, 0.5) is 0 Å². The Morgan fingerprint density at radius 2 is 1.84 bits per heavy atom. The van der Waals surface area contributed by atoms with E-state index >= 15 is 0 Å². The molecule has 1 heterocycles. The second-order valence-electron chi connectivity index (χ2n) is 4.44. The molecule has 1 unspecified atom stereocenters. The number of ether oxygens (including phenoxy) is 2. The summed E-state index contributed by atoms with van der Waals surface area (Å²) in [6, 6.07) is 1.95. The van der Waals surface area contributed by atoms with Gasteiger partial charge in [-0.25, -0.2) is 0 Å². The van der Waals surface area contributed by atoms with E-state index in [4.69, 9.17) is 15.2 Å². The first-order valence-electron chi connectivity index (χ1n) is 7.20. The van der Waals surface area contributed by atoms with Crippen molar-refractivity contribution in [3.63, 3.8) is 0 Å². The standard InChI is InChI=1S/C14H27N3O2/c1-5-11-9-12(17(6-2)16-11)10-13(15)14(18-7-3)19-8-4/h9,13-14H,5-8,10,15H2,1-4H3. The lowest BCUT2D eigenvalue weighted by atomic mass is 10.1. The first kappa shape index (κ1) is 16.1. The van der Waals surface area contributed by atoms with E-state index in [0.717, 1.165) is 24.4 Å². The van der Waals surface area contributed by atoms with Crippen LogP contribution >= 0.6 is 0 Å². The highest BCUT2D eigenvalue weighted by molar-refractivity contribution is 5.12. The SMILES string of the molecule is CCOC(OCC)C(N)Cc1cc(CC)nn1CC. The molecule has 0 aliphatic rings. The van der Waals surface area contributed by atoms with Crippen LogP contribution < -0.4 is 5.73 Å². The summed E-state index contributed by atoms with van der Waals surface area (Å²) in [5, 5.41) is 4.53. The number of hydrogen-bond acceptors (Lipinski definition) is 4. The number of aromatic nitrogens is 2. The Hall–Kier alpha value is -0.910. The van der Waals surface area contributed by atoms with E-state index in [1.807, 2.05) is 18.5 Å². The maximum Gasteiger partial charge on any atom is 0.172 e. The normalized spacial score (nSPS) is 13.2. The Labute approximate surface area is 116 Å². The Morgan fingerprint density at radius 1 is 1.21 bits per heavy atom. The van der Waals surface area contributed by atoms with E-state index in [0.29, 0.717) is 19.6 Å². The van der Waals surface area contributed by atoms with E-state index in [1.54, 1.807) is 0 Å². The number of nitrogens with two attached hydrogens (primary N) is 1. The van der Waals surface area contributed by atoms with E-state index in [2.05, 4.69) is 25.0 Å². The average Bonchev–Trinajstić information content (AvgIpc) is 2.80.